The van der Waals surface area contributed by atoms with Gasteiger partial charge in [0.2, 0.25) is 10.0 Å². The maximum atomic E-state index is 12.3. The average molecular weight is 503 g/mol. The number of sulfonamides is 1. The third-order valence-electron chi connectivity index (χ3n) is 4.53. The summed E-state index contributed by atoms with van der Waals surface area (Å²) in [4.78, 5) is 10.5. The Morgan fingerprint density at radius 1 is 1.26 bits per heavy atom. The summed E-state index contributed by atoms with van der Waals surface area (Å²) in [5.74, 6) is -0.426. The molecule has 0 saturated heterocycles. The van der Waals surface area contributed by atoms with Crippen molar-refractivity contribution in [3.63, 3.8) is 0 Å². The molecule has 7 heteroatoms. The molecule has 0 radical (unpaired) electrons. The number of benzene rings is 1. The van der Waals surface area contributed by atoms with E-state index in [1.54, 1.807) is 6.08 Å². The van der Waals surface area contributed by atoms with E-state index in [0.717, 1.165) is 41.2 Å². The fourth-order valence-corrected chi connectivity index (χ4v) is 4.64. The van der Waals surface area contributed by atoms with Gasteiger partial charge in [-0.15, -0.1) is 0 Å². The summed E-state index contributed by atoms with van der Waals surface area (Å²) in [6.07, 6.45) is 11.0. The molecule has 5 nitrogen and oxygen atoms in total. The first kappa shape index (κ1) is 22.1. The number of hydrogen-bond donors (Lipinski definition) is 2. The number of hydrogen-bond acceptors (Lipinski definition) is 3. The number of carboxylic acids is 1. The quantitative estimate of drug-likeness (QED) is 0.294. The first-order valence-electron chi connectivity index (χ1n) is 9.18. The third-order valence-corrected chi connectivity index (χ3v) is 6.40. The van der Waals surface area contributed by atoms with Crippen LogP contribution in [0.1, 0.15) is 50.5 Å². The van der Waals surface area contributed by atoms with Crippen LogP contribution in [0.25, 0.3) is 6.08 Å². The van der Waals surface area contributed by atoms with E-state index in [0.29, 0.717) is 12.3 Å². The summed E-state index contributed by atoms with van der Waals surface area (Å²) in [6, 6.07) is 7.60. The van der Waals surface area contributed by atoms with E-state index < -0.39 is 16.0 Å². The van der Waals surface area contributed by atoms with E-state index in [2.05, 4.69) is 33.4 Å². The normalized spacial score (nSPS) is 21.1. The van der Waals surface area contributed by atoms with Crippen LogP contribution in [-0.4, -0.2) is 25.5 Å². The number of carbonyl (C=O) groups is 1. The smallest absolute Gasteiger partial charge is 0.303 e. The predicted molar refractivity (Wildman–Crippen MR) is 117 cm³/mol. The van der Waals surface area contributed by atoms with Gasteiger partial charge in [-0.05, 0) is 84.4 Å². The van der Waals surface area contributed by atoms with Crippen LogP contribution in [0.15, 0.2) is 41.8 Å². The van der Waals surface area contributed by atoms with Crippen LogP contribution >= 0.6 is 22.6 Å². The van der Waals surface area contributed by atoms with Gasteiger partial charge in [0.1, 0.15) is 0 Å². The third kappa shape index (κ3) is 9.03. The number of carboxylic acid groups (broad SMARTS) is 1. The van der Waals surface area contributed by atoms with Gasteiger partial charge in [-0.25, -0.2) is 13.1 Å². The topological polar surface area (TPSA) is 83.5 Å². The van der Waals surface area contributed by atoms with E-state index in [9.17, 15) is 13.2 Å². The Morgan fingerprint density at radius 2 is 2.00 bits per heavy atom. The van der Waals surface area contributed by atoms with Crippen LogP contribution in [0.4, 0.5) is 0 Å². The van der Waals surface area contributed by atoms with Gasteiger partial charge in [0, 0.05) is 21.4 Å². The molecule has 27 heavy (non-hydrogen) atoms. The van der Waals surface area contributed by atoms with E-state index >= 15 is 0 Å². The highest BCUT2D eigenvalue weighted by Crippen LogP contribution is 2.26. The Bertz CT molecular complexity index is 772. The lowest BCUT2D eigenvalue weighted by Crippen LogP contribution is -2.37. The molecule has 1 saturated carbocycles. The van der Waals surface area contributed by atoms with Crippen molar-refractivity contribution in [1.29, 1.82) is 0 Å². The SMILES string of the molecule is O=C(O)CCCC=CC1CCCC(NS(=O)(=O)C=Cc2ccc(I)cc2)C1. The molecule has 1 aromatic carbocycles. The predicted octanol–water partition coefficient (Wildman–Crippen LogP) is 4.55. The van der Waals surface area contributed by atoms with Crippen LogP contribution in [0.3, 0.4) is 0 Å². The fourth-order valence-electron chi connectivity index (χ4n) is 3.18. The van der Waals surface area contributed by atoms with Crippen molar-refractivity contribution in [1.82, 2.24) is 4.72 Å². The lowest BCUT2D eigenvalue weighted by atomic mass is 9.86. The minimum atomic E-state index is -3.47. The van der Waals surface area contributed by atoms with E-state index in [1.807, 2.05) is 30.3 Å². The lowest BCUT2D eigenvalue weighted by molar-refractivity contribution is -0.137. The fraction of sp³-hybridized carbons (Fsp3) is 0.450. The van der Waals surface area contributed by atoms with E-state index in [4.69, 9.17) is 5.11 Å². The zero-order valence-corrected chi connectivity index (χ0v) is 18.2. The van der Waals surface area contributed by atoms with Gasteiger partial charge < -0.3 is 5.11 Å². The molecule has 2 atom stereocenters. The Balaban J connectivity index is 1.83. The van der Waals surface area contributed by atoms with Gasteiger partial charge in [-0.2, -0.15) is 0 Å². The minimum Gasteiger partial charge on any atom is -0.481 e. The highest BCUT2D eigenvalue weighted by molar-refractivity contribution is 14.1. The summed E-state index contributed by atoms with van der Waals surface area (Å²) in [5.41, 5.74) is 0.853. The van der Waals surface area contributed by atoms with Crippen molar-refractivity contribution in [2.45, 2.75) is 51.0 Å². The van der Waals surface area contributed by atoms with Gasteiger partial charge in [-0.3, -0.25) is 4.79 Å². The molecule has 0 aromatic heterocycles. The van der Waals surface area contributed by atoms with Crippen molar-refractivity contribution in [3.05, 3.63) is 51.0 Å². The Hall–Kier alpha value is -1.19. The first-order valence-corrected chi connectivity index (χ1v) is 11.8. The van der Waals surface area contributed by atoms with Crippen LogP contribution in [0.5, 0.6) is 0 Å². The van der Waals surface area contributed by atoms with Crippen molar-refractivity contribution in [2.24, 2.45) is 5.92 Å². The van der Waals surface area contributed by atoms with Crippen molar-refractivity contribution >= 4 is 44.7 Å². The Kier molecular flexibility index (Phi) is 8.98. The molecule has 1 aliphatic rings. The molecule has 2 N–H and O–H groups in total. The molecule has 0 heterocycles. The molecule has 2 unspecified atom stereocenters. The average Bonchev–Trinajstić information content (AvgIpc) is 2.61. The summed E-state index contributed by atoms with van der Waals surface area (Å²) in [5, 5.41) is 9.87. The number of allylic oxidation sites excluding steroid dienone is 2. The molecule has 0 aliphatic heterocycles. The summed E-state index contributed by atoms with van der Waals surface area (Å²) >= 11 is 2.21. The van der Waals surface area contributed by atoms with Crippen LogP contribution in [0.2, 0.25) is 0 Å². The Morgan fingerprint density at radius 3 is 2.70 bits per heavy atom. The first-order chi connectivity index (χ1) is 12.8. The molecule has 1 aromatic rings. The maximum Gasteiger partial charge on any atom is 0.303 e. The zero-order chi connectivity index (χ0) is 19.7. The van der Waals surface area contributed by atoms with Gasteiger partial charge in [0.25, 0.3) is 0 Å². The van der Waals surface area contributed by atoms with Crippen LogP contribution < -0.4 is 4.72 Å². The number of aliphatic carboxylic acids is 1. The molecule has 2 rings (SSSR count). The standard InChI is InChI=1S/C20H26INO4S/c21-18-11-9-16(10-12-18)13-14-27(25,26)22-19-7-4-6-17(15-19)5-2-1-3-8-20(23)24/h2,5,9-14,17,19,22H,1,3-4,6-8,15H2,(H,23,24). The number of halogens is 1. The van der Waals surface area contributed by atoms with E-state index in [-0.39, 0.29) is 12.5 Å². The molecule has 0 bridgehead atoms. The van der Waals surface area contributed by atoms with Crippen molar-refractivity contribution < 1.29 is 18.3 Å². The molecule has 1 aliphatic carbocycles. The highest BCUT2D eigenvalue weighted by Gasteiger charge is 2.23. The van der Waals surface area contributed by atoms with Gasteiger partial charge >= 0.3 is 5.97 Å². The molecule has 0 spiro atoms. The van der Waals surface area contributed by atoms with Crippen LogP contribution in [-0.2, 0) is 14.8 Å². The van der Waals surface area contributed by atoms with Gasteiger partial charge in [0.15, 0.2) is 0 Å². The highest BCUT2D eigenvalue weighted by atomic mass is 127. The lowest BCUT2D eigenvalue weighted by Gasteiger charge is -2.27. The molecule has 1 fully saturated rings. The number of nitrogens with one attached hydrogen (secondary N) is 1. The van der Waals surface area contributed by atoms with Gasteiger partial charge in [0.05, 0.1) is 0 Å². The largest absolute Gasteiger partial charge is 0.481 e. The zero-order valence-electron chi connectivity index (χ0n) is 15.2. The second-order valence-corrected chi connectivity index (χ2v) is 9.70. The molecule has 148 valence electrons. The minimum absolute atomic E-state index is 0.0567. The summed E-state index contributed by atoms with van der Waals surface area (Å²) in [7, 11) is -3.47. The summed E-state index contributed by atoms with van der Waals surface area (Å²) in [6.45, 7) is 0. The molecule has 0 amide bonds. The van der Waals surface area contributed by atoms with Gasteiger partial charge in [-0.1, -0.05) is 30.7 Å². The second kappa shape index (κ2) is 11.0. The van der Waals surface area contributed by atoms with Crippen molar-refractivity contribution in [3.8, 4) is 0 Å². The van der Waals surface area contributed by atoms with Crippen molar-refractivity contribution in [2.75, 3.05) is 0 Å². The number of unbranched alkanes of at least 4 members (excludes halogenated alkanes) is 1. The monoisotopic (exact) mass is 503 g/mol. The molecular weight excluding hydrogens is 477 g/mol. The Labute approximate surface area is 175 Å². The van der Waals surface area contributed by atoms with Crippen LogP contribution in [0, 0.1) is 9.49 Å². The summed E-state index contributed by atoms with van der Waals surface area (Å²) < 4.78 is 28.6. The maximum absolute atomic E-state index is 12.3. The van der Waals surface area contributed by atoms with E-state index in [1.165, 1.54) is 5.41 Å². The second-order valence-electron chi connectivity index (χ2n) is 6.85. The number of rotatable bonds is 9. The molecular formula is C20H26INO4S.